The minimum Gasteiger partial charge on any atom is -0.481 e. The van der Waals surface area contributed by atoms with Crippen molar-refractivity contribution in [1.29, 1.82) is 0 Å². The third kappa shape index (κ3) is 4.00. The molecule has 2 atom stereocenters. The number of carbonyl (C=O) groups is 1. The van der Waals surface area contributed by atoms with Gasteiger partial charge >= 0.3 is 12.1 Å². The van der Waals surface area contributed by atoms with E-state index in [1.807, 2.05) is 24.3 Å². The summed E-state index contributed by atoms with van der Waals surface area (Å²) in [4.78, 5) is 12.7. The number of halogens is 3. The van der Waals surface area contributed by atoms with E-state index in [0.717, 1.165) is 24.0 Å². The molecule has 1 aliphatic rings. The minimum atomic E-state index is -4.47. The second kappa shape index (κ2) is 6.69. The summed E-state index contributed by atoms with van der Waals surface area (Å²) in [5, 5.41) is 9.02. The van der Waals surface area contributed by atoms with Gasteiger partial charge in [-0.1, -0.05) is 37.6 Å². The average Bonchev–Trinajstić information content (AvgIpc) is 2.84. The Morgan fingerprint density at radius 1 is 1.32 bits per heavy atom. The smallest absolute Gasteiger partial charge is 0.393 e. The predicted molar refractivity (Wildman–Crippen MR) is 76.4 cm³/mol. The molecule has 3 nitrogen and oxygen atoms in total. The zero-order chi connectivity index (χ0) is 16.3. The van der Waals surface area contributed by atoms with Crippen molar-refractivity contribution in [3.63, 3.8) is 0 Å². The number of nitrogens with zero attached hydrogens (tertiary/aromatic N) is 1. The van der Waals surface area contributed by atoms with E-state index in [1.165, 1.54) is 0 Å². The highest BCUT2D eigenvalue weighted by atomic mass is 19.4. The Bertz CT molecular complexity index is 530. The van der Waals surface area contributed by atoms with Crippen molar-refractivity contribution in [3.8, 4) is 0 Å². The van der Waals surface area contributed by atoms with Gasteiger partial charge in [-0.25, -0.2) is 0 Å². The van der Waals surface area contributed by atoms with Crippen molar-refractivity contribution >= 4 is 5.97 Å². The lowest BCUT2D eigenvalue weighted by Gasteiger charge is -2.18. The fraction of sp³-hybridized carbons (Fsp3) is 0.562. The number of benzene rings is 1. The van der Waals surface area contributed by atoms with Gasteiger partial charge in [-0.05, 0) is 17.5 Å². The van der Waals surface area contributed by atoms with Gasteiger partial charge in [0.05, 0.1) is 11.8 Å². The summed E-state index contributed by atoms with van der Waals surface area (Å²) in [5.74, 6) is -4.53. The Kier molecular flexibility index (Phi) is 5.11. The van der Waals surface area contributed by atoms with E-state index in [0.29, 0.717) is 6.54 Å². The first kappa shape index (κ1) is 16.8. The molecular formula is C16H20F3NO2. The van der Waals surface area contributed by atoms with E-state index < -0.39 is 24.0 Å². The number of aliphatic carboxylic acids is 1. The van der Waals surface area contributed by atoms with E-state index in [1.54, 1.807) is 4.90 Å². The summed E-state index contributed by atoms with van der Waals surface area (Å²) < 4.78 is 38.9. The van der Waals surface area contributed by atoms with E-state index in [4.69, 9.17) is 5.11 Å². The van der Waals surface area contributed by atoms with Crippen LogP contribution in [0, 0.1) is 11.8 Å². The van der Waals surface area contributed by atoms with Crippen molar-refractivity contribution < 1.29 is 23.1 Å². The summed E-state index contributed by atoms with van der Waals surface area (Å²) in [7, 11) is 0. The zero-order valence-electron chi connectivity index (χ0n) is 12.4. The second-order valence-corrected chi connectivity index (χ2v) is 5.86. The van der Waals surface area contributed by atoms with Crippen molar-refractivity contribution in [3.05, 3.63) is 35.4 Å². The Morgan fingerprint density at radius 3 is 2.55 bits per heavy atom. The maximum atomic E-state index is 13.0. The van der Waals surface area contributed by atoms with Gasteiger partial charge in [-0.2, -0.15) is 13.2 Å². The lowest BCUT2D eigenvalue weighted by atomic mass is 9.96. The summed E-state index contributed by atoms with van der Waals surface area (Å²) in [6.07, 6.45) is -2.54. The van der Waals surface area contributed by atoms with Crippen LogP contribution in [0.1, 0.15) is 24.5 Å². The number of aryl methyl sites for hydroxylation is 1. The van der Waals surface area contributed by atoms with Crippen molar-refractivity contribution in [2.45, 2.75) is 32.5 Å². The first-order valence-electron chi connectivity index (χ1n) is 7.41. The largest absolute Gasteiger partial charge is 0.481 e. The van der Waals surface area contributed by atoms with Crippen molar-refractivity contribution in [1.82, 2.24) is 4.90 Å². The van der Waals surface area contributed by atoms with E-state index in [-0.39, 0.29) is 13.1 Å². The van der Waals surface area contributed by atoms with Crippen LogP contribution >= 0.6 is 0 Å². The van der Waals surface area contributed by atoms with Gasteiger partial charge in [0.2, 0.25) is 0 Å². The van der Waals surface area contributed by atoms with Gasteiger partial charge in [0.15, 0.2) is 0 Å². The number of carboxylic acid groups (broad SMARTS) is 1. The normalized spacial score (nSPS) is 22.9. The molecule has 0 spiro atoms. The second-order valence-electron chi connectivity index (χ2n) is 5.86. The molecular weight excluding hydrogens is 295 g/mol. The summed E-state index contributed by atoms with van der Waals surface area (Å²) in [6.45, 7) is 2.11. The lowest BCUT2D eigenvalue weighted by molar-refractivity contribution is -0.188. The number of carboxylic acids is 1. The number of hydrogen-bond donors (Lipinski definition) is 1. The number of alkyl halides is 3. The SMILES string of the molecule is CCCc1cccc(CN2C[C@@H](C(F)(F)F)[C@H](C(=O)O)C2)c1. The van der Waals surface area contributed by atoms with Crippen molar-refractivity contribution in [2.24, 2.45) is 11.8 Å². The molecule has 0 aromatic heterocycles. The fourth-order valence-electron chi connectivity index (χ4n) is 3.03. The highest BCUT2D eigenvalue weighted by molar-refractivity contribution is 5.71. The summed E-state index contributed by atoms with van der Waals surface area (Å²) >= 11 is 0. The number of rotatable bonds is 5. The number of likely N-dealkylation sites (tertiary alicyclic amines) is 1. The Labute approximate surface area is 127 Å². The van der Waals surface area contributed by atoms with Crippen LogP contribution in [-0.2, 0) is 17.8 Å². The van der Waals surface area contributed by atoms with Crippen LogP contribution in [0.3, 0.4) is 0 Å². The van der Waals surface area contributed by atoms with Gasteiger partial charge in [0.25, 0.3) is 0 Å². The zero-order valence-corrected chi connectivity index (χ0v) is 12.4. The predicted octanol–water partition coefficient (Wildman–Crippen LogP) is 3.33. The summed E-state index contributed by atoms with van der Waals surface area (Å²) in [6, 6.07) is 7.75. The van der Waals surface area contributed by atoms with E-state index in [2.05, 4.69) is 6.92 Å². The van der Waals surface area contributed by atoms with Crippen LogP contribution in [0.5, 0.6) is 0 Å². The highest BCUT2D eigenvalue weighted by Gasteiger charge is 2.52. The van der Waals surface area contributed by atoms with Crippen LogP contribution in [0.2, 0.25) is 0 Å². The molecule has 0 unspecified atom stereocenters. The third-order valence-electron chi connectivity index (χ3n) is 4.07. The monoisotopic (exact) mass is 315 g/mol. The molecule has 1 heterocycles. The molecule has 122 valence electrons. The van der Waals surface area contributed by atoms with Gasteiger partial charge in [-0.3, -0.25) is 9.69 Å². The van der Waals surface area contributed by atoms with Crippen LogP contribution < -0.4 is 0 Å². The van der Waals surface area contributed by atoms with Gasteiger partial charge in [0.1, 0.15) is 0 Å². The van der Waals surface area contributed by atoms with Crippen LogP contribution in [0.25, 0.3) is 0 Å². The van der Waals surface area contributed by atoms with Gasteiger partial charge in [-0.15, -0.1) is 0 Å². The maximum absolute atomic E-state index is 13.0. The standard InChI is InChI=1S/C16H20F3NO2/c1-2-4-11-5-3-6-12(7-11)8-20-9-13(15(21)22)14(10-20)16(17,18)19/h3,5-7,13-14H,2,4,8-10H2,1H3,(H,21,22)/t13-,14-/m1/s1. The first-order valence-corrected chi connectivity index (χ1v) is 7.41. The Morgan fingerprint density at radius 2 is 2.00 bits per heavy atom. The van der Waals surface area contributed by atoms with E-state index in [9.17, 15) is 18.0 Å². The molecule has 22 heavy (non-hydrogen) atoms. The molecule has 0 bridgehead atoms. The molecule has 0 aliphatic carbocycles. The molecule has 1 N–H and O–H groups in total. The Balaban J connectivity index is 2.08. The van der Waals surface area contributed by atoms with Crippen LogP contribution in [0.4, 0.5) is 13.2 Å². The fourth-order valence-corrected chi connectivity index (χ4v) is 3.03. The molecule has 1 aromatic rings. The molecule has 0 amide bonds. The number of hydrogen-bond acceptors (Lipinski definition) is 2. The lowest BCUT2D eigenvalue weighted by Crippen LogP contribution is -2.33. The van der Waals surface area contributed by atoms with Crippen LogP contribution in [0.15, 0.2) is 24.3 Å². The van der Waals surface area contributed by atoms with Gasteiger partial charge < -0.3 is 5.11 Å². The van der Waals surface area contributed by atoms with Crippen LogP contribution in [-0.4, -0.2) is 35.2 Å². The quantitative estimate of drug-likeness (QED) is 0.906. The molecule has 2 rings (SSSR count). The molecule has 1 fully saturated rings. The minimum absolute atomic E-state index is 0.0580. The highest BCUT2D eigenvalue weighted by Crippen LogP contribution is 2.38. The van der Waals surface area contributed by atoms with Crippen molar-refractivity contribution in [2.75, 3.05) is 13.1 Å². The van der Waals surface area contributed by atoms with E-state index >= 15 is 0 Å². The van der Waals surface area contributed by atoms with Gasteiger partial charge in [0, 0.05) is 19.6 Å². The molecule has 0 saturated carbocycles. The molecule has 6 heteroatoms. The Hall–Kier alpha value is -1.56. The molecule has 0 radical (unpaired) electrons. The molecule has 1 aromatic carbocycles. The molecule has 1 aliphatic heterocycles. The average molecular weight is 315 g/mol. The third-order valence-corrected chi connectivity index (χ3v) is 4.07. The topological polar surface area (TPSA) is 40.5 Å². The maximum Gasteiger partial charge on any atom is 0.393 e. The first-order chi connectivity index (χ1) is 10.3. The molecule has 1 saturated heterocycles. The summed E-state index contributed by atoms with van der Waals surface area (Å²) in [5.41, 5.74) is 2.08.